The summed E-state index contributed by atoms with van der Waals surface area (Å²) < 4.78 is 0. The summed E-state index contributed by atoms with van der Waals surface area (Å²) in [6.07, 6.45) is 11.2. The van der Waals surface area contributed by atoms with Crippen molar-refractivity contribution in [1.29, 1.82) is 0 Å². The van der Waals surface area contributed by atoms with Crippen LogP contribution in [0.3, 0.4) is 0 Å². The van der Waals surface area contributed by atoms with Crippen LogP contribution in [0.25, 0.3) is 0 Å². The van der Waals surface area contributed by atoms with E-state index in [0.717, 1.165) is 6.42 Å². The summed E-state index contributed by atoms with van der Waals surface area (Å²) in [5, 5.41) is 6.89. The van der Waals surface area contributed by atoms with Gasteiger partial charge in [-0.05, 0) is 12.8 Å². The Morgan fingerprint density at radius 1 is 1.33 bits per heavy atom. The summed E-state index contributed by atoms with van der Waals surface area (Å²) in [6, 6.07) is 0. The highest BCUT2D eigenvalue weighted by molar-refractivity contribution is 5.32. The van der Waals surface area contributed by atoms with Crippen molar-refractivity contribution >= 4 is 6.47 Å². The maximum atomic E-state index is 8.36. The van der Waals surface area contributed by atoms with Gasteiger partial charge in [-0.1, -0.05) is 52.2 Å². The molecule has 1 N–H and O–H groups in total. The minimum Gasteiger partial charge on any atom is -0.483 e. The highest BCUT2D eigenvalue weighted by Crippen LogP contribution is 2.27. The van der Waals surface area contributed by atoms with Crippen LogP contribution < -0.4 is 0 Å². The minimum absolute atomic E-state index is 0.250. The van der Waals surface area contributed by atoms with E-state index in [2.05, 4.69) is 31.4 Å². The molecule has 1 aliphatic rings. The summed E-state index contributed by atoms with van der Waals surface area (Å²) in [5.74, 6) is 0. The Hall–Kier alpha value is -1.25. The number of carbonyl (C=O) groups is 1. The van der Waals surface area contributed by atoms with Gasteiger partial charge in [0.15, 0.2) is 0 Å². The van der Waals surface area contributed by atoms with Crippen LogP contribution in [-0.4, -0.2) is 23.0 Å². The number of hydrogen-bond acceptors (Lipinski definition) is 2. The molecule has 0 amide bonds. The Labute approximate surface area is 111 Å². The van der Waals surface area contributed by atoms with Crippen molar-refractivity contribution in [2.45, 2.75) is 58.8 Å². The van der Waals surface area contributed by atoms with Crippen molar-refractivity contribution in [3.63, 3.8) is 0 Å². The van der Waals surface area contributed by atoms with E-state index in [1.165, 1.54) is 56.5 Å². The molecule has 0 fully saturated rings. The molecule has 104 valence electrons. The molecule has 18 heavy (non-hydrogen) atoms. The molecule has 0 aromatic rings. The van der Waals surface area contributed by atoms with Crippen LogP contribution in [-0.2, 0) is 4.79 Å². The van der Waals surface area contributed by atoms with Crippen LogP contribution in [0.2, 0.25) is 0 Å². The van der Waals surface area contributed by atoms with Gasteiger partial charge in [-0.15, -0.1) is 0 Å². The molecule has 1 heterocycles. The number of rotatable bonds is 7. The van der Waals surface area contributed by atoms with Crippen molar-refractivity contribution < 1.29 is 9.90 Å². The first kappa shape index (κ1) is 16.8. The Morgan fingerprint density at radius 3 is 2.56 bits per heavy atom. The summed E-state index contributed by atoms with van der Waals surface area (Å²) in [6.45, 7) is 9.58. The molecule has 3 heteroatoms. The van der Waals surface area contributed by atoms with Gasteiger partial charge in [-0.2, -0.15) is 0 Å². The zero-order valence-corrected chi connectivity index (χ0v) is 11.8. The molecule has 1 rings (SSSR count). The van der Waals surface area contributed by atoms with Gasteiger partial charge in [0, 0.05) is 24.4 Å². The topological polar surface area (TPSA) is 40.5 Å². The summed E-state index contributed by atoms with van der Waals surface area (Å²) in [7, 11) is 0. The predicted octanol–water partition coefficient (Wildman–Crippen LogP) is 4.17. The van der Waals surface area contributed by atoms with Crippen LogP contribution in [0.1, 0.15) is 58.8 Å². The van der Waals surface area contributed by atoms with E-state index in [4.69, 9.17) is 9.90 Å². The number of nitrogens with zero attached hydrogens (tertiary/aromatic N) is 1. The van der Waals surface area contributed by atoms with Crippen LogP contribution in [0, 0.1) is 0 Å². The number of hydrogen-bond donors (Lipinski definition) is 1. The van der Waals surface area contributed by atoms with Gasteiger partial charge in [0.1, 0.15) is 0 Å². The lowest BCUT2D eigenvalue weighted by atomic mass is 10.2. The fourth-order valence-electron chi connectivity index (χ4n) is 2.15. The largest absolute Gasteiger partial charge is 0.483 e. The van der Waals surface area contributed by atoms with Crippen molar-refractivity contribution in [1.82, 2.24) is 4.90 Å². The SMILES string of the molecule is C=C1CC=C(CCC)N1CCCCCC.O=CO. The van der Waals surface area contributed by atoms with Gasteiger partial charge in [0.25, 0.3) is 6.47 Å². The van der Waals surface area contributed by atoms with Gasteiger partial charge < -0.3 is 10.0 Å². The van der Waals surface area contributed by atoms with E-state index >= 15 is 0 Å². The fourth-order valence-corrected chi connectivity index (χ4v) is 2.15. The Balaban J connectivity index is 0.000000873. The first-order valence-electron chi connectivity index (χ1n) is 6.93. The number of allylic oxidation sites excluding steroid dienone is 2. The third-order valence-electron chi connectivity index (χ3n) is 3.04. The first-order valence-corrected chi connectivity index (χ1v) is 6.93. The van der Waals surface area contributed by atoms with Crippen molar-refractivity contribution in [2.75, 3.05) is 6.54 Å². The molecular formula is C15H27NO2. The van der Waals surface area contributed by atoms with Crippen LogP contribution in [0.4, 0.5) is 0 Å². The summed E-state index contributed by atoms with van der Waals surface area (Å²) in [4.78, 5) is 10.8. The smallest absolute Gasteiger partial charge is 0.290 e. The fraction of sp³-hybridized carbons (Fsp3) is 0.667. The van der Waals surface area contributed by atoms with Crippen LogP contribution in [0.15, 0.2) is 24.0 Å². The van der Waals surface area contributed by atoms with E-state index in [1.807, 2.05) is 0 Å². The van der Waals surface area contributed by atoms with Gasteiger partial charge in [0.05, 0.1) is 0 Å². The Morgan fingerprint density at radius 2 is 2.00 bits per heavy atom. The quantitative estimate of drug-likeness (QED) is 0.547. The highest BCUT2D eigenvalue weighted by atomic mass is 16.3. The van der Waals surface area contributed by atoms with E-state index in [-0.39, 0.29) is 6.47 Å². The minimum atomic E-state index is -0.250. The second kappa shape index (κ2) is 10.9. The Bertz CT molecular complexity index is 272. The zero-order chi connectivity index (χ0) is 13.8. The second-order valence-corrected chi connectivity index (χ2v) is 4.53. The molecule has 0 radical (unpaired) electrons. The molecule has 0 spiro atoms. The number of carboxylic acid groups (broad SMARTS) is 1. The van der Waals surface area contributed by atoms with Crippen LogP contribution >= 0.6 is 0 Å². The molecule has 0 saturated carbocycles. The highest BCUT2D eigenvalue weighted by Gasteiger charge is 2.16. The summed E-state index contributed by atoms with van der Waals surface area (Å²) in [5.41, 5.74) is 2.81. The molecule has 0 atom stereocenters. The van der Waals surface area contributed by atoms with E-state index < -0.39 is 0 Å². The first-order chi connectivity index (χ1) is 8.71. The third-order valence-corrected chi connectivity index (χ3v) is 3.04. The monoisotopic (exact) mass is 253 g/mol. The third kappa shape index (κ3) is 6.48. The lowest BCUT2D eigenvalue weighted by Crippen LogP contribution is -2.19. The van der Waals surface area contributed by atoms with Gasteiger partial charge in [-0.25, -0.2) is 0 Å². The van der Waals surface area contributed by atoms with E-state index in [1.54, 1.807) is 0 Å². The lowest BCUT2D eigenvalue weighted by Gasteiger charge is -2.23. The standard InChI is InChI=1S/C14H25N.CH2O2/c1-4-6-7-8-12-15-13(3)10-11-14(15)9-5-2;2-1-3/h11H,3-10,12H2,1-2H3;1H,(H,2,3). The average molecular weight is 253 g/mol. The molecule has 1 aliphatic heterocycles. The van der Waals surface area contributed by atoms with Crippen molar-refractivity contribution in [3.05, 3.63) is 24.0 Å². The van der Waals surface area contributed by atoms with Gasteiger partial charge in [-0.3, -0.25) is 4.79 Å². The zero-order valence-electron chi connectivity index (χ0n) is 11.8. The molecule has 0 aliphatic carbocycles. The second-order valence-electron chi connectivity index (χ2n) is 4.53. The van der Waals surface area contributed by atoms with Crippen molar-refractivity contribution in [3.8, 4) is 0 Å². The lowest BCUT2D eigenvalue weighted by molar-refractivity contribution is -0.122. The van der Waals surface area contributed by atoms with E-state index in [0.29, 0.717) is 0 Å². The molecular weight excluding hydrogens is 226 g/mol. The van der Waals surface area contributed by atoms with Gasteiger partial charge in [0.2, 0.25) is 0 Å². The molecule has 0 unspecified atom stereocenters. The Kier molecular flexibility index (Phi) is 10.1. The van der Waals surface area contributed by atoms with E-state index in [9.17, 15) is 0 Å². The van der Waals surface area contributed by atoms with Crippen molar-refractivity contribution in [2.24, 2.45) is 0 Å². The predicted molar refractivity (Wildman–Crippen MR) is 76.3 cm³/mol. The molecule has 0 saturated heterocycles. The molecule has 0 aromatic carbocycles. The summed E-state index contributed by atoms with van der Waals surface area (Å²) >= 11 is 0. The molecule has 3 nitrogen and oxygen atoms in total. The molecule has 0 aromatic heterocycles. The van der Waals surface area contributed by atoms with Gasteiger partial charge >= 0.3 is 0 Å². The number of unbranched alkanes of at least 4 members (excludes halogenated alkanes) is 3. The maximum absolute atomic E-state index is 8.36. The normalized spacial score (nSPS) is 14.0. The maximum Gasteiger partial charge on any atom is 0.290 e. The average Bonchev–Trinajstić information content (AvgIpc) is 2.68. The van der Waals surface area contributed by atoms with Crippen LogP contribution in [0.5, 0.6) is 0 Å². The molecule has 0 bridgehead atoms.